The Morgan fingerprint density at radius 2 is 1.43 bits per heavy atom. The Morgan fingerprint density at radius 1 is 0.825 bits per heavy atom. The summed E-state index contributed by atoms with van der Waals surface area (Å²) in [5, 5.41) is 0.994. The van der Waals surface area contributed by atoms with Crippen molar-refractivity contribution >= 4 is 32.9 Å². The molecule has 0 saturated carbocycles. The first kappa shape index (κ1) is 29.0. The molecular formula is C31H34N2O6S. The van der Waals surface area contributed by atoms with Crippen LogP contribution >= 0.6 is 0 Å². The number of H-pyrrole nitrogens is 1. The molecule has 0 bridgehead atoms. The molecule has 8 nitrogen and oxygen atoms in total. The molecule has 210 valence electrons. The van der Waals surface area contributed by atoms with Crippen LogP contribution in [0.1, 0.15) is 47.8 Å². The maximum Gasteiger partial charge on any atom is 0.336 e. The predicted molar refractivity (Wildman–Crippen MR) is 153 cm³/mol. The Kier molecular flexibility index (Phi) is 8.76. The zero-order valence-electron chi connectivity index (χ0n) is 23.3. The van der Waals surface area contributed by atoms with Crippen LogP contribution in [0, 0.1) is 20.8 Å². The van der Waals surface area contributed by atoms with Gasteiger partial charge < -0.3 is 14.5 Å². The van der Waals surface area contributed by atoms with Crippen LogP contribution < -0.4 is 0 Å². The number of sulfonamides is 1. The summed E-state index contributed by atoms with van der Waals surface area (Å²) in [6, 6.07) is 17.8. The molecule has 0 amide bonds. The summed E-state index contributed by atoms with van der Waals surface area (Å²) < 4.78 is 40.5. The first-order valence-corrected chi connectivity index (χ1v) is 14.6. The number of carbonyl (C=O) groups excluding carboxylic acids is 2. The summed E-state index contributed by atoms with van der Waals surface area (Å²) >= 11 is 0. The van der Waals surface area contributed by atoms with E-state index in [1.165, 1.54) is 12.1 Å². The number of hydrogen-bond donors (Lipinski definition) is 1. The number of hydrogen-bond acceptors (Lipinski definition) is 6. The number of nitrogens with one attached hydrogen (secondary N) is 1. The van der Waals surface area contributed by atoms with Crippen molar-refractivity contribution in [3.05, 3.63) is 101 Å². The molecule has 1 aromatic heterocycles. The molecule has 0 radical (unpaired) electrons. The topological polar surface area (TPSA) is 106 Å². The van der Waals surface area contributed by atoms with Gasteiger partial charge in [-0.25, -0.2) is 18.0 Å². The molecule has 0 saturated heterocycles. The van der Waals surface area contributed by atoms with Gasteiger partial charge in [-0.05, 0) is 69.5 Å². The summed E-state index contributed by atoms with van der Waals surface area (Å²) in [7, 11) is -4.47. The number of ether oxygens (including phenoxy) is 2. The number of aromatic amines is 1. The Balaban J connectivity index is 2.05. The van der Waals surface area contributed by atoms with E-state index in [2.05, 4.69) is 4.98 Å². The third kappa shape index (κ3) is 5.66. The van der Waals surface area contributed by atoms with Crippen molar-refractivity contribution < 1.29 is 27.5 Å². The number of esters is 2. The number of nitrogens with zero attached hydrogens (tertiary/aromatic N) is 1. The molecule has 1 atom stereocenters. The number of aromatic nitrogens is 1. The van der Waals surface area contributed by atoms with E-state index >= 15 is 0 Å². The number of rotatable bonds is 10. The van der Waals surface area contributed by atoms with Gasteiger partial charge >= 0.3 is 11.9 Å². The lowest BCUT2D eigenvalue weighted by Gasteiger charge is -2.35. The molecular weight excluding hydrogens is 528 g/mol. The second kappa shape index (κ2) is 12.1. The maximum atomic E-state index is 14.5. The molecule has 0 aliphatic carbocycles. The zero-order valence-corrected chi connectivity index (χ0v) is 24.1. The van der Waals surface area contributed by atoms with Crippen LogP contribution in [0.2, 0.25) is 0 Å². The average molecular weight is 563 g/mol. The van der Waals surface area contributed by atoms with E-state index in [1.807, 2.05) is 45.0 Å². The Bertz CT molecular complexity index is 1590. The molecule has 0 spiro atoms. The maximum absolute atomic E-state index is 14.5. The summed E-state index contributed by atoms with van der Waals surface area (Å²) in [6.45, 7) is 8.92. The molecule has 0 fully saturated rings. The SMILES string of the molecule is CCOC(=O)C(C(=O)OCC)N(C(c1ccccc1)c1ccc2c(C)c(C)[nH]c2c1)S(=O)(=O)c1ccc(C)cc1. The monoisotopic (exact) mass is 562 g/mol. The molecule has 3 aromatic carbocycles. The second-order valence-corrected chi connectivity index (χ2v) is 11.4. The molecule has 1 N–H and O–H groups in total. The van der Waals surface area contributed by atoms with Gasteiger partial charge in [0.05, 0.1) is 24.2 Å². The van der Waals surface area contributed by atoms with Crippen molar-refractivity contribution in [2.45, 2.75) is 51.6 Å². The van der Waals surface area contributed by atoms with Crippen molar-refractivity contribution in [2.75, 3.05) is 13.2 Å². The highest BCUT2D eigenvalue weighted by atomic mass is 32.2. The van der Waals surface area contributed by atoms with E-state index in [4.69, 9.17) is 9.47 Å². The smallest absolute Gasteiger partial charge is 0.336 e. The van der Waals surface area contributed by atoms with Crippen LogP contribution in [0.25, 0.3) is 10.9 Å². The number of aryl methyl sites for hydroxylation is 3. The predicted octanol–water partition coefficient (Wildman–Crippen LogP) is 5.37. The van der Waals surface area contributed by atoms with E-state index in [1.54, 1.807) is 50.2 Å². The van der Waals surface area contributed by atoms with Crippen molar-refractivity contribution in [2.24, 2.45) is 0 Å². The first-order valence-electron chi connectivity index (χ1n) is 13.2. The van der Waals surface area contributed by atoms with Gasteiger partial charge in [0.25, 0.3) is 0 Å². The highest BCUT2D eigenvalue weighted by molar-refractivity contribution is 7.89. The fourth-order valence-corrected chi connectivity index (χ4v) is 6.48. The lowest BCUT2D eigenvalue weighted by atomic mass is 9.96. The van der Waals surface area contributed by atoms with Gasteiger partial charge in [-0.15, -0.1) is 0 Å². The number of fused-ring (bicyclic) bond motifs is 1. The van der Waals surface area contributed by atoms with Crippen LogP contribution in [0.15, 0.2) is 77.7 Å². The van der Waals surface area contributed by atoms with Crippen LogP contribution in [0.4, 0.5) is 0 Å². The van der Waals surface area contributed by atoms with Crippen LogP contribution in [-0.2, 0) is 29.1 Å². The minimum absolute atomic E-state index is 0.0455. The quantitative estimate of drug-likeness (QED) is 0.206. The third-order valence-electron chi connectivity index (χ3n) is 6.89. The van der Waals surface area contributed by atoms with E-state index < -0.39 is 34.0 Å². The van der Waals surface area contributed by atoms with E-state index in [-0.39, 0.29) is 18.1 Å². The normalized spacial score (nSPS) is 12.6. The lowest BCUT2D eigenvalue weighted by molar-refractivity contribution is -0.161. The lowest BCUT2D eigenvalue weighted by Crippen LogP contribution is -2.52. The van der Waals surface area contributed by atoms with Crippen LogP contribution in [0.5, 0.6) is 0 Å². The summed E-state index contributed by atoms with van der Waals surface area (Å²) in [6.07, 6.45) is 0. The number of carbonyl (C=O) groups is 2. The van der Waals surface area contributed by atoms with Gasteiger partial charge in [0.15, 0.2) is 0 Å². The molecule has 9 heteroatoms. The van der Waals surface area contributed by atoms with Crippen LogP contribution in [0.3, 0.4) is 0 Å². The molecule has 4 rings (SSSR count). The minimum Gasteiger partial charge on any atom is -0.464 e. The second-order valence-electron chi connectivity index (χ2n) is 9.55. The van der Waals surface area contributed by atoms with Crippen molar-refractivity contribution in [1.82, 2.24) is 9.29 Å². The fraction of sp³-hybridized carbons (Fsp3) is 0.290. The standard InChI is InChI=1S/C31H34N2O6S/c1-6-38-30(34)29(31(35)39-7-2)33(40(36,37)25-16-13-20(3)14-17-25)28(23-11-9-8-10-12-23)24-15-18-26-21(4)22(5)32-27(26)19-24/h8-19,28-29,32H,6-7H2,1-5H3. The summed E-state index contributed by atoms with van der Waals surface area (Å²) in [5.74, 6) is -2.02. The van der Waals surface area contributed by atoms with E-state index in [0.717, 1.165) is 32.0 Å². The van der Waals surface area contributed by atoms with Gasteiger partial charge in [0.1, 0.15) is 0 Å². The Hall–Kier alpha value is -3.95. The summed E-state index contributed by atoms with van der Waals surface area (Å²) in [5.41, 5.74) is 4.87. The van der Waals surface area contributed by atoms with E-state index in [0.29, 0.717) is 11.1 Å². The van der Waals surface area contributed by atoms with Gasteiger partial charge in [-0.3, -0.25) is 0 Å². The molecule has 0 aliphatic heterocycles. The highest BCUT2D eigenvalue weighted by Gasteiger charge is 2.48. The Morgan fingerprint density at radius 3 is 2.00 bits per heavy atom. The highest BCUT2D eigenvalue weighted by Crippen LogP contribution is 2.38. The van der Waals surface area contributed by atoms with Gasteiger partial charge in [-0.2, -0.15) is 4.31 Å². The zero-order chi connectivity index (χ0) is 29.0. The molecule has 1 unspecified atom stereocenters. The number of benzene rings is 3. The summed E-state index contributed by atoms with van der Waals surface area (Å²) in [4.78, 5) is 30.1. The average Bonchev–Trinajstić information content (AvgIpc) is 3.21. The minimum atomic E-state index is -4.47. The van der Waals surface area contributed by atoms with E-state index in [9.17, 15) is 18.0 Å². The van der Waals surface area contributed by atoms with Crippen molar-refractivity contribution in [1.29, 1.82) is 0 Å². The third-order valence-corrected chi connectivity index (χ3v) is 8.73. The fourth-order valence-electron chi connectivity index (χ4n) is 4.79. The first-order chi connectivity index (χ1) is 19.1. The largest absolute Gasteiger partial charge is 0.464 e. The molecule has 0 aliphatic rings. The van der Waals surface area contributed by atoms with Gasteiger partial charge in [0, 0.05) is 16.6 Å². The van der Waals surface area contributed by atoms with Crippen molar-refractivity contribution in [3.63, 3.8) is 0 Å². The molecule has 4 aromatic rings. The van der Waals surface area contributed by atoms with Crippen molar-refractivity contribution in [3.8, 4) is 0 Å². The van der Waals surface area contributed by atoms with Gasteiger partial charge in [-0.1, -0.05) is 60.2 Å². The van der Waals surface area contributed by atoms with Gasteiger partial charge in [0.2, 0.25) is 16.1 Å². The molecule has 1 heterocycles. The Labute approximate surface area is 235 Å². The molecule has 40 heavy (non-hydrogen) atoms. The van der Waals surface area contributed by atoms with Crippen LogP contribution in [-0.4, -0.2) is 48.9 Å².